The zero-order chi connectivity index (χ0) is 8.97. The summed E-state index contributed by atoms with van der Waals surface area (Å²) in [4.78, 5) is 1.09. The van der Waals surface area contributed by atoms with Crippen molar-refractivity contribution in [2.24, 2.45) is 0 Å². The summed E-state index contributed by atoms with van der Waals surface area (Å²) in [6.45, 7) is 5.39. The minimum atomic E-state index is -0.141. The molecule has 0 atom stereocenters. The number of rotatable bonds is 3. The van der Waals surface area contributed by atoms with Crippen LogP contribution in [0.5, 0.6) is 0 Å². The number of halogens is 1. The van der Waals surface area contributed by atoms with Crippen LogP contribution in [0.15, 0.2) is 35.7 Å². The molecular weight excluding hydrogens is 171 g/mol. The first-order chi connectivity index (χ1) is 5.74. The summed E-state index contributed by atoms with van der Waals surface area (Å²) in [6, 6.07) is 5.14. The molecule has 0 saturated heterocycles. The van der Waals surface area contributed by atoms with Crippen molar-refractivity contribution in [1.29, 1.82) is 0 Å². The van der Waals surface area contributed by atoms with E-state index < -0.39 is 0 Å². The molecule has 0 unspecified atom stereocenters. The Morgan fingerprint density at radius 2 is 2.33 bits per heavy atom. The summed E-state index contributed by atoms with van der Waals surface area (Å²) in [7, 11) is 0. The SMILES string of the molecule is C=CCSc1ccc(F)c(C)c1. The van der Waals surface area contributed by atoms with Gasteiger partial charge >= 0.3 is 0 Å². The predicted octanol–water partition coefficient (Wildman–Crippen LogP) is 3.41. The van der Waals surface area contributed by atoms with Crippen molar-refractivity contribution in [2.75, 3.05) is 5.75 Å². The highest BCUT2D eigenvalue weighted by Crippen LogP contribution is 2.20. The number of hydrogen-bond acceptors (Lipinski definition) is 1. The van der Waals surface area contributed by atoms with Crippen LogP contribution >= 0.6 is 11.8 Å². The second-order valence-corrected chi connectivity index (χ2v) is 3.60. The highest BCUT2D eigenvalue weighted by Gasteiger charge is 1.97. The van der Waals surface area contributed by atoms with E-state index in [1.54, 1.807) is 24.8 Å². The zero-order valence-electron chi connectivity index (χ0n) is 7.01. The molecule has 0 aliphatic carbocycles. The third-order valence-electron chi connectivity index (χ3n) is 1.50. The molecule has 0 bridgehead atoms. The lowest BCUT2D eigenvalue weighted by Gasteiger charge is -2.00. The predicted molar refractivity (Wildman–Crippen MR) is 52.1 cm³/mol. The number of thioether (sulfide) groups is 1. The van der Waals surface area contributed by atoms with Crippen LogP contribution < -0.4 is 0 Å². The average molecular weight is 182 g/mol. The summed E-state index contributed by atoms with van der Waals surface area (Å²) >= 11 is 1.66. The Bertz CT molecular complexity index is 281. The Kier molecular flexibility index (Phi) is 3.35. The molecule has 0 N–H and O–H groups in total. The third kappa shape index (κ3) is 2.38. The van der Waals surface area contributed by atoms with E-state index in [4.69, 9.17) is 0 Å². The van der Waals surface area contributed by atoms with Crippen LogP contribution in [-0.4, -0.2) is 5.75 Å². The molecule has 0 amide bonds. The minimum absolute atomic E-state index is 0.141. The first-order valence-corrected chi connectivity index (χ1v) is 4.72. The van der Waals surface area contributed by atoms with Gasteiger partial charge in [0.1, 0.15) is 5.82 Å². The van der Waals surface area contributed by atoms with Gasteiger partial charge in [-0.1, -0.05) is 6.08 Å². The van der Waals surface area contributed by atoms with Gasteiger partial charge in [-0.3, -0.25) is 0 Å². The van der Waals surface area contributed by atoms with Crippen LogP contribution in [0.2, 0.25) is 0 Å². The maximum absolute atomic E-state index is 12.8. The van der Waals surface area contributed by atoms with Gasteiger partial charge in [-0.2, -0.15) is 0 Å². The average Bonchev–Trinajstić information content (AvgIpc) is 2.07. The Hall–Kier alpha value is -0.760. The van der Waals surface area contributed by atoms with Gasteiger partial charge in [0.15, 0.2) is 0 Å². The molecule has 2 heteroatoms. The van der Waals surface area contributed by atoms with E-state index in [1.165, 1.54) is 6.07 Å². The molecule has 0 aliphatic heterocycles. The van der Waals surface area contributed by atoms with E-state index in [2.05, 4.69) is 6.58 Å². The lowest BCUT2D eigenvalue weighted by molar-refractivity contribution is 0.617. The summed E-state index contributed by atoms with van der Waals surface area (Å²) in [5.74, 6) is 0.725. The Labute approximate surface area is 76.5 Å². The monoisotopic (exact) mass is 182 g/mol. The molecule has 0 spiro atoms. The molecule has 12 heavy (non-hydrogen) atoms. The fourth-order valence-corrected chi connectivity index (χ4v) is 1.60. The molecule has 0 aromatic heterocycles. The topological polar surface area (TPSA) is 0 Å². The Morgan fingerprint density at radius 1 is 1.58 bits per heavy atom. The van der Waals surface area contributed by atoms with Gasteiger partial charge in [-0.05, 0) is 30.7 Å². The molecule has 0 aliphatic rings. The van der Waals surface area contributed by atoms with Gasteiger partial charge in [0.2, 0.25) is 0 Å². The van der Waals surface area contributed by atoms with Gasteiger partial charge in [0.25, 0.3) is 0 Å². The second-order valence-electron chi connectivity index (χ2n) is 2.51. The van der Waals surface area contributed by atoms with Gasteiger partial charge in [-0.25, -0.2) is 4.39 Å². The summed E-state index contributed by atoms with van der Waals surface area (Å²) in [5.41, 5.74) is 0.698. The van der Waals surface area contributed by atoms with Crippen molar-refractivity contribution in [3.63, 3.8) is 0 Å². The Balaban J connectivity index is 2.75. The number of benzene rings is 1. The molecule has 0 radical (unpaired) electrons. The summed E-state index contributed by atoms with van der Waals surface area (Å²) < 4.78 is 12.8. The maximum atomic E-state index is 12.8. The second kappa shape index (κ2) is 4.31. The maximum Gasteiger partial charge on any atom is 0.126 e. The fraction of sp³-hybridized carbons (Fsp3) is 0.200. The molecule has 0 nitrogen and oxygen atoms in total. The van der Waals surface area contributed by atoms with Gasteiger partial charge in [-0.15, -0.1) is 18.3 Å². The molecule has 1 aromatic carbocycles. The molecule has 64 valence electrons. The molecular formula is C10H11FS. The summed E-state index contributed by atoms with van der Waals surface area (Å²) in [5, 5.41) is 0. The van der Waals surface area contributed by atoms with E-state index in [0.717, 1.165) is 10.6 Å². The molecule has 1 aromatic rings. The largest absolute Gasteiger partial charge is 0.207 e. The standard InChI is InChI=1S/C10H11FS/c1-3-6-12-9-4-5-10(11)8(2)7-9/h3-5,7H,1,6H2,2H3. The first-order valence-electron chi connectivity index (χ1n) is 3.74. The van der Waals surface area contributed by atoms with Gasteiger partial charge in [0.05, 0.1) is 0 Å². The van der Waals surface area contributed by atoms with Crippen LogP contribution in [0.1, 0.15) is 5.56 Å². The molecule has 0 heterocycles. The van der Waals surface area contributed by atoms with Crippen LogP contribution in [-0.2, 0) is 0 Å². The van der Waals surface area contributed by atoms with Gasteiger partial charge in [0, 0.05) is 10.6 Å². The van der Waals surface area contributed by atoms with Crippen molar-refractivity contribution >= 4 is 11.8 Å². The van der Waals surface area contributed by atoms with Crippen molar-refractivity contribution in [2.45, 2.75) is 11.8 Å². The quantitative estimate of drug-likeness (QED) is 0.510. The lowest BCUT2D eigenvalue weighted by atomic mass is 10.2. The highest BCUT2D eigenvalue weighted by atomic mass is 32.2. The van der Waals surface area contributed by atoms with E-state index in [9.17, 15) is 4.39 Å². The van der Waals surface area contributed by atoms with Crippen molar-refractivity contribution in [1.82, 2.24) is 0 Å². The van der Waals surface area contributed by atoms with Crippen molar-refractivity contribution < 1.29 is 4.39 Å². The minimum Gasteiger partial charge on any atom is -0.207 e. The van der Waals surface area contributed by atoms with Gasteiger partial charge < -0.3 is 0 Å². The van der Waals surface area contributed by atoms with E-state index in [0.29, 0.717) is 5.56 Å². The number of hydrogen-bond donors (Lipinski definition) is 0. The molecule has 0 saturated carbocycles. The molecule has 1 rings (SSSR count). The smallest absolute Gasteiger partial charge is 0.126 e. The molecule has 0 fully saturated rings. The van der Waals surface area contributed by atoms with E-state index in [1.807, 2.05) is 12.1 Å². The normalized spacial score (nSPS) is 9.83. The van der Waals surface area contributed by atoms with E-state index in [-0.39, 0.29) is 5.82 Å². The van der Waals surface area contributed by atoms with E-state index >= 15 is 0 Å². The van der Waals surface area contributed by atoms with Crippen molar-refractivity contribution in [3.8, 4) is 0 Å². The first kappa shape index (κ1) is 9.33. The highest BCUT2D eigenvalue weighted by molar-refractivity contribution is 7.99. The van der Waals surface area contributed by atoms with Crippen molar-refractivity contribution in [3.05, 3.63) is 42.2 Å². The van der Waals surface area contributed by atoms with Crippen LogP contribution in [0.4, 0.5) is 4.39 Å². The lowest BCUT2D eigenvalue weighted by Crippen LogP contribution is -1.82. The Morgan fingerprint density at radius 3 is 2.92 bits per heavy atom. The zero-order valence-corrected chi connectivity index (χ0v) is 7.83. The van der Waals surface area contributed by atoms with Crippen LogP contribution in [0.25, 0.3) is 0 Å². The fourth-order valence-electron chi connectivity index (χ4n) is 0.862. The van der Waals surface area contributed by atoms with Crippen LogP contribution in [0, 0.1) is 12.7 Å². The third-order valence-corrected chi connectivity index (χ3v) is 2.49. The van der Waals surface area contributed by atoms with Crippen LogP contribution in [0.3, 0.4) is 0 Å². The summed E-state index contributed by atoms with van der Waals surface area (Å²) in [6.07, 6.45) is 1.84. The number of aryl methyl sites for hydroxylation is 1.